The summed E-state index contributed by atoms with van der Waals surface area (Å²) in [4.78, 5) is 30.0. The first kappa shape index (κ1) is 17.7. The molecule has 6 heteroatoms. The second kappa shape index (κ2) is 7.48. The van der Waals surface area contributed by atoms with E-state index in [1.165, 1.54) is 12.5 Å². The molecule has 1 unspecified atom stereocenters. The molecule has 1 saturated heterocycles. The van der Waals surface area contributed by atoms with Crippen LogP contribution in [0.25, 0.3) is 0 Å². The number of pyridine rings is 1. The van der Waals surface area contributed by atoms with E-state index in [2.05, 4.69) is 20.5 Å². The van der Waals surface area contributed by atoms with Crippen molar-refractivity contribution in [2.24, 2.45) is 17.8 Å². The number of benzene rings is 1. The molecule has 1 saturated carbocycles. The Labute approximate surface area is 159 Å². The Kier molecular flexibility index (Phi) is 4.90. The molecule has 2 heterocycles. The number of anilines is 1. The van der Waals surface area contributed by atoms with E-state index in [-0.39, 0.29) is 17.7 Å². The average molecular weight is 364 g/mol. The molecule has 2 amide bonds. The molecule has 3 atom stereocenters. The fraction of sp³-hybridized carbons (Fsp3) is 0.381. The van der Waals surface area contributed by atoms with Crippen LogP contribution in [-0.2, 0) is 22.7 Å². The molecular weight excluding hydrogens is 340 g/mol. The number of likely N-dealkylation sites (tertiary alicyclic amines) is 1. The molecule has 0 bridgehead atoms. The van der Waals surface area contributed by atoms with Crippen LogP contribution in [0.3, 0.4) is 0 Å². The first-order valence-corrected chi connectivity index (χ1v) is 9.35. The van der Waals surface area contributed by atoms with Crippen molar-refractivity contribution in [3.63, 3.8) is 0 Å². The lowest BCUT2D eigenvalue weighted by Crippen LogP contribution is -2.31. The molecule has 27 heavy (non-hydrogen) atoms. The highest BCUT2D eigenvalue weighted by atomic mass is 16.2. The van der Waals surface area contributed by atoms with Crippen LogP contribution < -0.4 is 10.6 Å². The first-order chi connectivity index (χ1) is 13.1. The smallest absolute Gasteiger partial charge is 0.224 e. The number of nitrogens with zero attached hydrogens (tertiary/aromatic N) is 2. The van der Waals surface area contributed by atoms with Crippen molar-refractivity contribution in [2.45, 2.75) is 20.0 Å². The lowest BCUT2D eigenvalue weighted by Gasteiger charge is -2.19. The number of aromatic nitrogens is 1. The van der Waals surface area contributed by atoms with Crippen molar-refractivity contribution < 1.29 is 9.59 Å². The Balaban J connectivity index is 1.22. The number of hydrogen-bond acceptors (Lipinski definition) is 4. The molecule has 4 rings (SSSR count). The molecule has 0 spiro atoms. The SMILES string of the molecule is CC(=O)Nc1ccc(CN2C[C@@H]3C(C(=O)NCc4cccnc4)[C@@H]3C2)cc1. The van der Waals surface area contributed by atoms with Crippen molar-refractivity contribution in [3.8, 4) is 0 Å². The summed E-state index contributed by atoms with van der Waals surface area (Å²) in [6, 6.07) is 11.8. The molecule has 2 N–H and O–H groups in total. The Morgan fingerprint density at radius 3 is 2.48 bits per heavy atom. The van der Waals surface area contributed by atoms with E-state index < -0.39 is 0 Å². The third-order valence-electron chi connectivity index (χ3n) is 5.44. The second-order valence-electron chi connectivity index (χ2n) is 7.50. The number of piperidine rings is 1. The van der Waals surface area contributed by atoms with Gasteiger partial charge >= 0.3 is 0 Å². The number of rotatable bonds is 6. The van der Waals surface area contributed by atoms with Crippen LogP contribution >= 0.6 is 0 Å². The highest BCUT2D eigenvalue weighted by molar-refractivity contribution is 5.88. The third-order valence-corrected chi connectivity index (χ3v) is 5.44. The zero-order chi connectivity index (χ0) is 18.8. The standard InChI is InChI=1S/C21H24N4O2/c1-14(26)24-17-6-4-15(5-7-17)11-25-12-18-19(13-25)20(18)21(27)23-10-16-3-2-8-22-9-16/h2-9,18-20H,10-13H2,1H3,(H,23,27)(H,24,26)/t18-,19+,20?. The first-order valence-electron chi connectivity index (χ1n) is 9.35. The topological polar surface area (TPSA) is 74.3 Å². The Morgan fingerprint density at radius 2 is 1.85 bits per heavy atom. The van der Waals surface area contributed by atoms with E-state index in [1.807, 2.05) is 36.4 Å². The van der Waals surface area contributed by atoms with Crippen molar-refractivity contribution in [1.29, 1.82) is 0 Å². The van der Waals surface area contributed by atoms with Gasteiger partial charge in [0.15, 0.2) is 0 Å². The van der Waals surface area contributed by atoms with Gasteiger partial charge in [-0.3, -0.25) is 19.5 Å². The molecule has 2 aromatic rings. The summed E-state index contributed by atoms with van der Waals surface area (Å²) in [5.74, 6) is 1.25. The zero-order valence-electron chi connectivity index (χ0n) is 15.4. The quantitative estimate of drug-likeness (QED) is 0.823. The number of carbonyl (C=O) groups excluding carboxylic acids is 2. The maximum absolute atomic E-state index is 12.4. The van der Waals surface area contributed by atoms with E-state index in [9.17, 15) is 9.59 Å². The molecule has 1 aromatic carbocycles. The maximum atomic E-state index is 12.4. The summed E-state index contributed by atoms with van der Waals surface area (Å²) in [7, 11) is 0. The Hall–Kier alpha value is -2.73. The number of fused-ring (bicyclic) bond motifs is 1. The highest BCUT2D eigenvalue weighted by Crippen LogP contribution is 2.52. The molecule has 6 nitrogen and oxygen atoms in total. The van der Waals surface area contributed by atoms with Gasteiger partial charge in [-0.1, -0.05) is 18.2 Å². The summed E-state index contributed by atoms with van der Waals surface area (Å²) >= 11 is 0. The Bertz CT molecular complexity index is 810. The minimum atomic E-state index is -0.0600. The molecule has 1 aromatic heterocycles. The third kappa shape index (κ3) is 4.17. The van der Waals surface area contributed by atoms with Gasteiger partial charge in [-0.2, -0.15) is 0 Å². The predicted octanol–water partition coefficient (Wildman–Crippen LogP) is 2.03. The van der Waals surface area contributed by atoms with E-state index in [0.29, 0.717) is 18.4 Å². The lowest BCUT2D eigenvalue weighted by molar-refractivity contribution is -0.123. The Morgan fingerprint density at radius 1 is 1.11 bits per heavy atom. The molecule has 2 aliphatic rings. The minimum absolute atomic E-state index is 0.0600. The fourth-order valence-electron chi connectivity index (χ4n) is 4.10. The van der Waals surface area contributed by atoms with E-state index >= 15 is 0 Å². The van der Waals surface area contributed by atoms with Crippen molar-refractivity contribution >= 4 is 17.5 Å². The summed E-state index contributed by atoms with van der Waals surface area (Å²) < 4.78 is 0. The van der Waals surface area contributed by atoms with Crippen LogP contribution in [0.4, 0.5) is 5.69 Å². The van der Waals surface area contributed by atoms with Gasteiger partial charge in [-0.15, -0.1) is 0 Å². The summed E-state index contributed by atoms with van der Waals surface area (Å²) in [6.45, 7) is 4.89. The lowest BCUT2D eigenvalue weighted by atomic mass is 10.1. The van der Waals surface area contributed by atoms with Crippen molar-refractivity contribution in [1.82, 2.24) is 15.2 Å². The summed E-state index contributed by atoms with van der Waals surface area (Å²) in [5.41, 5.74) is 3.07. The molecular formula is C21H24N4O2. The van der Waals surface area contributed by atoms with Gasteiger partial charge in [-0.25, -0.2) is 0 Å². The maximum Gasteiger partial charge on any atom is 0.224 e. The molecule has 1 aliphatic carbocycles. The van der Waals surface area contributed by atoms with Gasteiger partial charge in [0.2, 0.25) is 11.8 Å². The molecule has 1 aliphatic heterocycles. The van der Waals surface area contributed by atoms with E-state index in [0.717, 1.165) is 30.9 Å². The largest absolute Gasteiger partial charge is 0.352 e. The average Bonchev–Trinajstić information content (AvgIpc) is 3.17. The molecule has 0 radical (unpaired) electrons. The zero-order valence-corrected chi connectivity index (χ0v) is 15.4. The normalized spacial score (nSPS) is 23.5. The van der Waals surface area contributed by atoms with Crippen molar-refractivity contribution in [2.75, 3.05) is 18.4 Å². The molecule has 2 fully saturated rings. The minimum Gasteiger partial charge on any atom is -0.352 e. The van der Waals surface area contributed by atoms with Crippen molar-refractivity contribution in [3.05, 3.63) is 59.9 Å². The van der Waals surface area contributed by atoms with Crippen LogP contribution in [0.1, 0.15) is 18.1 Å². The van der Waals surface area contributed by atoms with Gasteiger partial charge < -0.3 is 10.6 Å². The number of carbonyl (C=O) groups is 2. The van der Waals surface area contributed by atoms with Gasteiger partial charge in [0.25, 0.3) is 0 Å². The number of nitrogens with one attached hydrogen (secondary N) is 2. The van der Waals surface area contributed by atoms with Crippen LogP contribution in [0.2, 0.25) is 0 Å². The van der Waals surface area contributed by atoms with Crippen LogP contribution in [0.5, 0.6) is 0 Å². The van der Waals surface area contributed by atoms with Gasteiger partial charge in [0, 0.05) is 57.1 Å². The van der Waals surface area contributed by atoms with Crippen LogP contribution in [0, 0.1) is 17.8 Å². The number of amides is 2. The van der Waals surface area contributed by atoms with Crippen LogP contribution in [-0.4, -0.2) is 34.8 Å². The van der Waals surface area contributed by atoms with E-state index in [1.54, 1.807) is 12.4 Å². The predicted molar refractivity (Wildman–Crippen MR) is 103 cm³/mol. The van der Waals surface area contributed by atoms with Gasteiger partial charge in [0.1, 0.15) is 0 Å². The van der Waals surface area contributed by atoms with Crippen LogP contribution in [0.15, 0.2) is 48.8 Å². The molecule has 140 valence electrons. The van der Waals surface area contributed by atoms with E-state index in [4.69, 9.17) is 0 Å². The summed E-state index contributed by atoms with van der Waals surface area (Å²) in [6.07, 6.45) is 3.52. The summed E-state index contributed by atoms with van der Waals surface area (Å²) in [5, 5.41) is 5.82. The van der Waals surface area contributed by atoms with Gasteiger partial charge in [-0.05, 0) is 41.2 Å². The fourth-order valence-corrected chi connectivity index (χ4v) is 4.10. The second-order valence-corrected chi connectivity index (χ2v) is 7.50. The monoisotopic (exact) mass is 364 g/mol. The highest BCUT2D eigenvalue weighted by Gasteiger charge is 2.58. The van der Waals surface area contributed by atoms with Gasteiger partial charge in [0.05, 0.1) is 0 Å². The number of hydrogen-bond donors (Lipinski definition) is 2.